The Hall–Kier alpha value is -1.55. The Morgan fingerprint density at radius 1 is 1.29 bits per heavy atom. The summed E-state index contributed by atoms with van der Waals surface area (Å²) in [6.07, 6.45) is 5.86. The van der Waals surface area contributed by atoms with Crippen LogP contribution in [0.5, 0.6) is 5.75 Å². The summed E-state index contributed by atoms with van der Waals surface area (Å²) in [5.74, 6) is 1.50. The van der Waals surface area contributed by atoms with E-state index < -0.39 is 0 Å². The summed E-state index contributed by atoms with van der Waals surface area (Å²) in [7, 11) is 0. The topological polar surface area (TPSA) is 64.3 Å². The van der Waals surface area contributed by atoms with Crippen molar-refractivity contribution in [2.24, 2.45) is 11.7 Å². The zero-order chi connectivity index (χ0) is 15.1. The van der Waals surface area contributed by atoms with Gasteiger partial charge in [0.15, 0.2) is 6.61 Å². The second kappa shape index (κ2) is 8.03. The highest BCUT2D eigenvalue weighted by atomic mass is 16.5. The summed E-state index contributed by atoms with van der Waals surface area (Å²) in [5.41, 5.74) is 6.58. The number of carbonyl (C=O) groups is 1. The molecule has 0 spiro atoms. The van der Waals surface area contributed by atoms with Crippen molar-refractivity contribution in [3.8, 4) is 5.75 Å². The Morgan fingerprint density at radius 3 is 2.67 bits per heavy atom. The number of carbonyl (C=O) groups excluding carboxylic acids is 1. The average Bonchev–Trinajstić information content (AvgIpc) is 2.54. The van der Waals surface area contributed by atoms with Gasteiger partial charge in [-0.05, 0) is 37.7 Å². The predicted molar refractivity (Wildman–Crippen MR) is 84.0 cm³/mol. The first-order valence-electron chi connectivity index (χ1n) is 7.93. The minimum atomic E-state index is -0.0400. The van der Waals surface area contributed by atoms with Crippen molar-refractivity contribution in [3.63, 3.8) is 0 Å². The van der Waals surface area contributed by atoms with E-state index >= 15 is 0 Å². The Bertz CT molecular complexity index is 454. The van der Waals surface area contributed by atoms with Gasteiger partial charge in [0.1, 0.15) is 5.75 Å². The van der Waals surface area contributed by atoms with Crippen molar-refractivity contribution in [2.75, 3.05) is 6.61 Å². The van der Waals surface area contributed by atoms with Gasteiger partial charge in [0.25, 0.3) is 5.91 Å². The summed E-state index contributed by atoms with van der Waals surface area (Å²) in [6, 6.07) is 7.88. The maximum absolute atomic E-state index is 12.0. The Labute approximate surface area is 127 Å². The molecule has 1 fully saturated rings. The highest BCUT2D eigenvalue weighted by Gasteiger charge is 2.21. The molecule has 0 aliphatic heterocycles. The number of nitrogens with two attached hydrogens (primary N) is 1. The van der Waals surface area contributed by atoms with Gasteiger partial charge in [-0.1, -0.05) is 31.5 Å². The maximum Gasteiger partial charge on any atom is 0.258 e. The number of amides is 1. The van der Waals surface area contributed by atoms with E-state index in [0.717, 1.165) is 24.3 Å². The fourth-order valence-electron chi connectivity index (χ4n) is 2.94. The summed E-state index contributed by atoms with van der Waals surface area (Å²) in [5, 5.41) is 3.08. The van der Waals surface area contributed by atoms with Crippen molar-refractivity contribution in [1.82, 2.24) is 5.32 Å². The molecule has 0 unspecified atom stereocenters. The van der Waals surface area contributed by atoms with Crippen LogP contribution < -0.4 is 15.8 Å². The van der Waals surface area contributed by atoms with Gasteiger partial charge in [-0.3, -0.25) is 4.79 Å². The molecule has 1 aromatic rings. The largest absolute Gasteiger partial charge is 0.483 e. The molecule has 3 N–H and O–H groups in total. The van der Waals surface area contributed by atoms with Crippen LogP contribution in [0.1, 0.15) is 44.6 Å². The Balaban J connectivity index is 1.75. The number of nitrogens with one attached hydrogen (secondary N) is 1. The van der Waals surface area contributed by atoms with E-state index in [9.17, 15) is 4.79 Å². The van der Waals surface area contributed by atoms with E-state index in [1.54, 1.807) is 0 Å². The lowest BCUT2D eigenvalue weighted by Gasteiger charge is -2.28. The van der Waals surface area contributed by atoms with E-state index in [1.807, 2.05) is 24.3 Å². The molecule has 4 nitrogen and oxygen atoms in total. The molecule has 21 heavy (non-hydrogen) atoms. The molecule has 4 heteroatoms. The fraction of sp³-hybridized carbons (Fsp3) is 0.588. The molecule has 1 saturated carbocycles. The third kappa shape index (κ3) is 4.74. The molecular weight excluding hydrogens is 264 g/mol. The van der Waals surface area contributed by atoms with Crippen LogP contribution >= 0.6 is 0 Å². The molecule has 1 aromatic carbocycles. The lowest BCUT2D eigenvalue weighted by atomic mass is 9.84. The van der Waals surface area contributed by atoms with Crippen molar-refractivity contribution in [2.45, 2.75) is 51.6 Å². The molecule has 0 saturated heterocycles. The third-order valence-corrected chi connectivity index (χ3v) is 4.34. The van der Waals surface area contributed by atoms with Crippen LogP contribution in [-0.4, -0.2) is 18.6 Å². The predicted octanol–water partition coefficient (Wildman–Crippen LogP) is 2.61. The number of rotatable bonds is 6. The quantitative estimate of drug-likeness (QED) is 0.846. The monoisotopic (exact) mass is 290 g/mol. The summed E-state index contributed by atoms with van der Waals surface area (Å²) in [6.45, 7) is 2.72. The number of ether oxygens (including phenoxy) is 1. The molecule has 0 bridgehead atoms. The van der Waals surface area contributed by atoms with E-state index in [4.69, 9.17) is 10.5 Å². The molecule has 1 aliphatic carbocycles. The first-order valence-corrected chi connectivity index (χ1v) is 7.93. The van der Waals surface area contributed by atoms with Gasteiger partial charge in [0.2, 0.25) is 0 Å². The zero-order valence-electron chi connectivity index (χ0n) is 12.8. The first kappa shape index (κ1) is 15.8. The van der Waals surface area contributed by atoms with Gasteiger partial charge in [0, 0.05) is 18.2 Å². The van der Waals surface area contributed by atoms with Crippen LogP contribution in [0.15, 0.2) is 24.3 Å². The summed E-state index contributed by atoms with van der Waals surface area (Å²) >= 11 is 0. The van der Waals surface area contributed by atoms with Crippen LogP contribution in [-0.2, 0) is 11.3 Å². The highest BCUT2D eigenvalue weighted by Crippen LogP contribution is 2.26. The van der Waals surface area contributed by atoms with Gasteiger partial charge in [-0.15, -0.1) is 0 Å². The van der Waals surface area contributed by atoms with Crippen LogP contribution in [0, 0.1) is 5.92 Å². The van der Waals surface area contributed by atoms with Gasteiger partial charge in [-0.25, -0.2) is 0 Å². The zero-order valence-corrected chi connectivity index (χ0v) is 12.8. The highest BCUT2D eigenvalue weighted by molar-refractivity contribution is 5.77. The van der Waals surface area contributed by atoms with Gasteiger partial charge >= 0.3 is 0 Å². The molecule has 0 aromatic heterocycles. The second-order valence-electron chi connectivity index (χ2n) is 5.79. The van der Waals surface area contributed by atoms with Crippen LogP contribution in [0.3, 0.4) is 0 Å². The number of hydrogen-bond acceptors (Lipinski definition) is 3. The minimum absolute atomic E-state index is 0.0400. The molecule has 1 amide bonds. The molecule has 0 atom stereocenters. The Kier molecular flexibility index (Phi) is 6.05. The summed E-state index contributed by atoms with van der Waals surface area (Å²) in [4.78, 5) is 12.0. The smallest absolute Gasteiger partial charge is 0.258 e. The fourth-order valence-corrected chi connectivity index (χ4v) is 2.94. The molecule has 0 heterocycles. The van der Waals surface area contributed by atoms with E-state index in [0.29, 0.717) is 18.3 Å². The van der Waals surface area contributed by atoms with E-state index in [-0.39, 0.29) is 12.5 Å². The number of benzene rings is 1. The number of para-hydroxylation sites is 1. The minimum Gasteiger partial charge on any atom is -0.483 e. The SMILES string of the molecule is CCC1CCC(NC(=O)COc2ccccc2CN)CC1. The van der Waals surface area contributed by atoms with Gasteiger partial charge in [-0.2, -0.15) is 0 Å². The standard InChI is InChI=1S/C17H26N2O2/c1-2-13-7-9-15(10-8-13)19-17(20)12-21-16-6-4-3-5-14(16)11-18/h3-6,13,15H,2,7-12,18H2,1H3,(H,19,20). The van der Waals surface area contributed by atoms with Crippen molar-refractivity contribution in [3.05, 3.63) is 29.8 Å². The molecular formula is C17H26N2O2. The Morgan fingerprint density at radius 2 is 2.00 bits per heavy atom. The first-order chi connectivity index (χ1) is 10.2. The molecule has 1 aliphatic rings. The summed E-state index contributed by atoms with van der Waals surface area (Å²) < 4.78 is 5.58. The van der Waals surface area contributed by atoms with E-state index in [1.165, 1.54) is 19.3 Å². The van der Waals surface area contributed by atoms with Gasteiger partial charge in [0.05, 0.1) is 0 Å². The average molecular weight is 290 g/mol. The lowest BCUT2D eigenvalue weighted by molar-refractivity contribution is -0.124. The molecule has 0 radical (unpaired) electrons. The van der Waals surface area contributed by atoms with Crippen molar-refractivity contribution < 1.29 is 9.53 Å². The van der Waals surface area contributed by atoms with Crippen molar-refractivity contribution >= 4 is 5.91 Å². The lowest BCUT2D eigenvalue weighted by Crippen LogP contribution is -2.40. The maximum atomic E-state index is 12.0. The second-order valence-corrected chi connectivity index (χ2v) is 5.79. The van der Waals surface area contributed by atoms with E-state index in [2.05, 4.69) is 12.2 Å². The van der Waals surface area contributed by atoms with Crippen LogP contribution in [0.4, 0.5) is 0 Å². The molecule has 116 valence electrons. The third-order valence-electron chi connectivity index (χ3n) is 4.34. The number of hydrogen-bond donors (Lipinski definition) is 2. The van der Waals surface area contributed by atoms with Crippen molar-refractivity contribution in [1.29, 1.82) is 0 Å². The van der Waals surface area contributed by atoms with Crippen LogP contribution in [0.25, 0.3) is 0 Å². The van der Waals surface area contributed by atoms with Crippen LogP contribution in [0.2, 0.25) is 0 Å². The van der Waals surface area contributed by atoms with Gasteiger partial charge < -0.3 is 15.8 Å². The normalized spacial score (nSPS) is 21.8. The molecule has 2 rings (SSSR count).